The van der Waals surface area contributed by atoms with Gasteiger partial charge in [-0.3, -0.25) is 4.79 Å². The van der Waals surface area contributed by atoms with E-state index in [1.165, 1.54) is 0 Å². The first kappa shape index (κ1) is 15.5. The summed E-state index contributed by atoms with van der Waals surface area (Å²) in [4.78, 5) is 11.5. The summed E-state index contributed by atoms with van der Waals surface area (Å²) in [5.41, 5.74) is 1.70. The number of carbonyl (C=O) groups is 1. The second kappa shape index (κ2) is 7.14. The fraction of sp³-hybridized carbons (Fsp3) is 0.533. The van der Waals surface area contributed by atoms with E-state index < -0.39 is 5.60 Å². The summed E-state index contributed by atoms with van der Waals surface area (Å²) in [6.45, 7) is 6.78. The van der Waals surface area contributed by atoms with E-state index in [4.69, 9.17) is 9.47 Å². The first-order valence-electron chi connectivity index (χ1n) is 6.44. The van der Waals surface area contributed by atoms with Gasteiger partial charge in [-0.2, -0.15) is 0 Å². The molecule has 1 aromatic rings. The minimum Gasteiger partial charge on any atom is -0.460 e. The van der Waals surface area contributed by atoms with Gasteiger partial charge in [0.05, 0.1) is 13.0 Å². The number of hydrogen-bond acceptors (Lipinski definition) is 4. The highest BCUT2D eigenvalue weighted by molar-refractivity contribution is 5.70. The normalized spacial score (nSPS) is 11.2. The Labute approximate surface area is 115 Å². The smallest absolute Gasteiger partial charge is 0.308 e. The van der Waals surface area contributed by atoms with Gasteiger partial charge in [0.1, 0.15) is 5.60 Å². The van der Waals surface area contributed by atoms with Gasteiger partial charge in [0, 0.05) is 19.3 Å². The lowest BCUT2D eigenvalue weighted by atomic mass is 10.2. The fourth-order valence-corrected chi connectivity index (χ4v) is 1.59. The Kier molecular flexibility index (Phi) is 5.83. The van der Waals surface area contributed by atoms with Crippen LogP contribution in [0.3, 0.4) is 0 Å². The van der Waals surface area contributed by atoms with Crippen LogP contribution in [0.15, 0.2) is 24.3 Å². The van der Waals surface area contributed by atoms with Crippen LogP contribution in [0.25, 0.3) is 0 Å². The molecule has 0 fully saturated rings. The second-order valence-corrected chi connectivity index (χ2v) is 5.39. The lowest BCUT2D eigenvalue weighted by Crippen LogP contribution is -2.25. The molecule has 0 aliphatic rings. The molecular weight excluding hydrogens is 242 g/mol. The lowest BCUT2D eigenvalue weighted by molar-refractivity contribution is -0.154. The van der Waals surface area contributed by atoms with Crippen molar-refractivity contribution in [1.82, 2.24) is 0 Å². The fourth-order valence-electron chi connectivity index (χ4n) is 1.59. The molecule has 0 spiro atoms. The van der Waals surface area contributed by atoms with Crippen molar-refractivity contribution >= 4 is 11.7 Å². The van der Waals surface area contributed by atoms with Gasteiger partial charge in [-0.15, -0.1) is 0 Å². The molecule has 0 amide bonds. The molecule has 4 nitrogen and oxygen atoms in total. The Morgan fingerprint density at radius 2 is 1.84 bits per heavy atom. The van der Waals surface area contributed by atoms with E-state index in [1.807, 2.05) is 45.0 Å². The third kappa shape index (κ3) is 6.82. The number of rotatable bonds is 6. The molecule has 0 saturated heterocycles. The highest BCUT2D eigenvalue weighted by Gasteiger charge is 2.15. The molecule has 1 rings (SSSR count). The van der Waals surface area contributed by atoms with Gasteiger partial charge in [0.15, 0.2) is 0 Å². The summed E-state index contributed by atoms with van der Waals surface area (Å²) in [5.74, 6) is -0.184. The summed E-state index contributed by atoms with van der Waals surface area (Å²) in [7, 11) is 1.67. The topological polar surface area (TPSA) is 47.6 Å². The van der Waals surface area contributed by atoms with Gasteiger partial charge in [0.2, 0.25) is 0 Å². The minimum absolute atomic E-state index is 0.184. The average Bonchev–Trinajstić information content (AvgIpc) is 2.29. The van der Waals surface area contributed by atoms with E-state index in [9.17, 15) is 4.79 Å². The zero-order chi connectivity index (χ0) is 14.3. The van der Waals surface area contributed by atoms with Gasteiger partial charge < -0.3 is 14.8 Å². The Bertz CT molecular complexity index is 393. The first-order valence-corrected chi connectivity index (χ1v) is 6.44. The molecule has 0 heterocycles. The molecular formula is C15H23NO3. The monoisotopic (exact) mass is 265 g/mol. The zero-order valence-corrected chi connectivity index (χ0v) is 12.2. The van der Waals surface area contributed by atoms with Crippen LogP contribution in [0, 0.1) is 0 Å². The van der Waals surface area contributed by atoms with Crippen molar-refractivity contribution in [3.05, 3.63) is 29.8 Å². The molecule has 1 aromatic carbocycles. The van der Waals surface area contributed by atoms with Crippen molar-refractivity contribution < 1.29 is 14.3 Å². The Balaban J connectivity index is 2.31. The maximum absolute atomic E-state index is 11.5. The Morgan fingerprint density at radius 3 is 2.37 bits per heavy atom. The number of benzene rings is 1. The summed E-state index contributed by atoms with van der Waals surface area (Å²) in [6.07, 6.45) is 0.358. The third-order valence-corrected chi connectivity index (χ3v) is 2.34. The number of anilines is 1. The molecule has 106 valence electrons. The largest absolute Gasteiger partial charge is 0.460 e. The van der Waals surface area contributed by atoms with E-state index in [1.54, 1.807) is 7.11 Å². The molecule has 0 bridgehead atoms. The van der Waals surface area contributed by atoms with Gasteiger partial charge in [-0.1, -0.05) is 12.1 Å². The summed E-state index contributed by atoms with van der Waals surface area (Å²) < 4.78 is 10.3. The van der Waals surface area contributed by atoms with Crippen molar-refractivity contribution in [3.8, 4) is 0 Å². The highest BCUT2D eigenvalue weighted by Crippen LogP contribution is 2.11. The summed E-state index contributed by atoms with van der Waals surface area (Å²) >= 11 is 0. The molecule has 4 heteroatoms. The average molecular weight is 265 g/mol. The van der Waals surface area contributed by atoms with E-state index in [-0.39, 0.29) is 5.97 Å². The number of esters is 1. The van der Waals surface area contributed by atoms with Crippen LogP contribution < -0.4 is 5.32 Å². The first-order chi connectivity index (χ1) is 8.90. The summed E-state index contributed by atoms with van der Waals surface area (Å²) in [6, 6.07) is 7.95. The standard InChI is InChI=1S/C15H23NO3/c1-15(2,3)19-14(17)9-10-16-13-7-5-12(6-8-13)11-18-4/h5-8,16H,9-11H2,1-4H3. The molecule has 0 aliphatic carbocycles. The van der Waals surface area contributed by atoms with Crippen molar-refractivity contribution in [1.29, 1.82) is 0 Å². The number of methoxy groups -OCH3 is 1. The van der Waals surface area contributed by atoms with Crippen LogP contribution in [-0.2, 0) is 20.9 Å². The second-order valence-electron chi connectivity index (χ2n) is 5.39. The lowest BCUT2D eigenvalue weighted by Gasteiger charge is -2.19. The van der Waals surface area contributed by atoms with Gasteiger partial charge in [0.25, 0.3) is 0 Å². The van der Waals surface area contributed by atoms with Crippen LogP contribution in [0.4, 0.5) is 5.69 Å². The molecule has 0 aromatic heterocycles. The quantitative estimate of drug-likeness (QED) is 0.803. The van der Waals surface area contributed by atoms with Crippen molar-refractivity contribution in [2.45, 2.75) is 39.4 Å². The van der Waals surface area contributed by atoms with Gasteiger partial charge in [-0.05, 0) is 38.5 Å². The number of carbonyl (C=O) groups excluding carboxylic acids is 1. The third-order valence-electron chi connectivity index (χ3n) is 2.34. The van der Waals surface area contributed by atoms with Crippen LogP contribution in [0.2, 0.25) is 0 Å². The molecule has 0 unspecified atom stereocenters. The van der Waals surface area contributed by atoms with E-state index >= 15 is 0 Å². The van der Waals surface area contributed by atoms with Crippen molar-refractivity contribution in [2.75, 3.05) is 19.0 Å². The predicted octanol–water partition coefficient (Wildman–Crippen LogP) is 2.98. The molecule has 0 aliphatic heterocycles. The molecule has 1 N–H and O–H groups in total. The van der Waals surface area contributed by atoms with Crippen LogP contribution >= 0.6 is 0 Å². The molecule has 0 radical (unpaired) electrons. The molecule has 19 heavy (non-hydrogen) atoms. The van der Waals surface area contributed by atoms with E-state index in [2.05, 4.69) is 5.32 Å². The van der Waals surface area contributed by atoms with Crippen molar-refractivity contribution in [2.24, 2.45) is 0 Å². The maximum atomic E-state index is 11.5. The highest BCUT2D eigenvalue weighted by atomic mass is 16.6. The number of hydrogen-bond donors (Lipinski definition) is 1. The number of nitrogens with one attached hydrogen (secondary N) is 1. The van der Waals surface area contributed by atoms with Crippen LogP contribution in [-0.4, -0.2) is 25.2 Å². The Morgan fingerprint density at radius 1 is 1.21 bits per heavy atom. The SMILES string of the molecule is COCc1ccc(NCCC(=O)OC(C)(C)C)cc1. The van der Waals surface area contributed by atoms with E-state index in [0.717, 1.165) is 11.3 Å². The van der Waals surface area contributed by atoms with Crippen molar-refractivity contribution in [3.63, 3.8) is 0 Å². The predicted molar refractivity (Wildman–Crippen MR) is 76.1 cm³/mol. The van der Waals surface area contributed by atoms with Crippen LogP contribution in [0.1, 0.15) is 32.8 Å². The maximum Gasteiger partial charge on any atom is 0.308 e. The van der Waals surface area contributed by atoms with Crippen LogP contribution in [0.5, 0.6) is 0 Å². The summed E-state index contributed by atoms with van der Waals surface area (Å²) in [5, 5.41) is 3.19. The van der Waals surface area contributed by atoms with E-state index in [0.29, 0.717) is 19.6 Å². The molecule has 0 atom stereocenters. The number of ether oxygens (including phenoxy) is 2. The minimum atomic E-state index is -0.418. The Hall–Kier alpha value is -1.55. The molecule has 0 saturated carbocycles. The van der Waals surface area contributed by atoms with Gasteiger partial charge >= 0.3 is 5.97 Å². The zero-order valence-electron chi connectivity index (χ0n) is 12.2. The van der Waals surface area contributed by atoms with Gasteiger partial charge in [-0.25, -0.2) is 0 Å².